The van der Waals surface area contributed by atoms with Gasteiger partial charge < -0.3 is 5.11 Å². The van der Waals surface area contributed by atoms with Crippen molar-refractivity contribution in [3.05, 3.63) is 34.9 Å². The van der Waals surface area contributed by atoms with Gasteiger partial charge in [-0.15, -0.1) is 11.6 Å². The minimum Gasteiger partial charge on any atom is -0.386 e. The van der Waals surface area contributed by atoms with Crippen molar-refractivity contribution in [3.8, 4) is 0 Å². The highest BCUT2D eigenvalue weighted by atomic mass is 35.5. The molecule has 0 saturated heterocycles. The Labute approximate surface area is 139 Å². The van der Waals surface area contributed by atoms with E-state index in [1.165, 1.54) is 0 Å². The van der Waals surface area contributed by atoms with Gasteiger partial charge in [0.25, 0.3) is 0 Å². The third-order valence-corrected chi connectivity index (χ3v) is 5.58. The van der Waals surface area contributed by atoms with Crippen molar-refractivity contribution >= 4 is 42.4 Å². The summed E-state index contributed by atoms with van der Waals surface area (Å²) in [6, 6.07) is 7.55. The van der Waals surface area contributed by atoms with Crippen LogP contribution in [0.1, 0.15) is 18.4 Å². The Bertz CT molecular complexity index is 567. The standard InChI is InChI=1S/C14H17Cl2N3OS/c15-12-4-2-1-3-11(12)7-14(20,13(16)5-6-13)8-18-9-17-10-19(18)21/h1-4,10,20-21H,5-9H2. The third kappa shape index (κ3) is 3.03. The van der Waals surface area contributed by atoms with E-state index in [0.717, 1.165) is 18.4 Å². The predicted octanol–water partition coefficient (Wildman–Crippen LogP) is 2.75. The summed E-state index contributed by atoms with van der Waals surface area (Å²) in [5.41, 5.74) is -0.173. The number of aliphatic hydroxyl groups is 1. The number of thiol groups is 1. The lowest BCUT2D eigenvalue weighted by Gasteiger charge is -2.38. The lowest BCUT2D eigenvalue weighted by atomic mass is 9.88. The molecular formula is C14H17Cl2N3OS. The first-order chi connectivity index (χ1) is 9.94. The average molecular weight is 346 g/mol. The van der Waals surface area contributed by atoms with Gasteiger partial charge in [-0.3, -0.25) is 4.99 Å². The molecule has 0 amide bonds. The maximum Gasteiger partial charge on any atom is 0.113 e. The number of hydrogen-bond donors (Lipinski definition) is 2. The summed E-state index contributed by atoms with van der Waals surface area (Å²) >= 11 is 17.1. The molecular weight excluding hydrogens is 329 g/mol. The molecule has 21 heavy (non-hydrogen) atoms. The van der Waals surface area contributed by atoms with Crippen LogP contribution in [0.5, 0.6) is 0 Å². The zero-order valence-electron chi connectivity index (χ0n) is 11.4. The summed E-state index contributed by atoms with van der Waals surface area (Å²) in [6.07, 6.45) is 3.63. The van der Waals surface area contributed by atoms with E-state index in [1.54, 1.807) is 10.8 Å². The number of rotatable bonds is 5. The van der Waals surface area contributed by atoms with E-state index in [0.29, 0.717) is 24.7 Å². The number of hydrogen-bond acceptors (Lipinski definition) is 5. The van der Waals surface area contributed by atoms with Crippen LogP contribution < -0.4 is 0 Å². The van der Waals surface area contributed by atoms with E-state index >= 15 is 0 Å². The summed E-state index contributed by atoms with van der Waals surface area (Å²) in [6.45, 7) is 0.840. The van der Waals surface area contributed by atoms with Crippen molar-refractivity contribution < 1.29 is 5.11 Å². The molecule has 0 bridgehead atoms. The van der Waals surface area contributed by atoms with Gasteiger partial charge in [-0.05, 0) is 37.3 Å². The Kier molecular flexibility index (Phi) is 4.14. The third-order valence-electron chi connectivity index (χ3n) is 4.13. The Morgan fingerprint density at radius 2 is 2.10 bits per heavy atom. The lowest BCUT2D eigenvalue weighted by molar-refractivity contribution is -0.0279. The van der Waals surface area contributed by atoms with E-state index in [9.17, 15) is 5.11 Å². The highest BCUT2D eigenvalue weighted by molar-refractivity contribution is 7.78. The Balaban J connectivity index is 1.82. The molecule has 1 heterocycles. The number of aliphatic imine (C=N–C) groups is 1. The molecule has 7 heteroatoms. The Hall–Kier alpha value is -0.460. The number of nitrogens with zero attached hydrogens (tertiary/aromatic N) is 3. The van der Waals surface area contributed by atoms with Crippen LogP contribution in [0.3, 0.4) is 0 Å². The highest BCUT2D eigenvalue weighted by Gasteiger charge is 2.58. The summed E-state index contributed by atoms with van der Waals surface area (Å²) in [5.74, 6) is 0. The lowest BCUT2D eigenvalue weighted by Crippen LogP contribution is -2.53. The van der Waals surface area contributed by atoms with Crippen molar-refractivity contribution in [1.29, 1.82) is 0 Å². The van der Waals surface area contributed by atoms with Crippen molar-refractivity contribution in [2.75, 3.05) is 13.2 Å². The molecule has 1 unspecified atom stereocenters. The molecule has 1 saturated carbocycles. The van der Waals surface area contributed by atoms with Crippen LogP contribution >= 0.6 is 36.0 Å². The second-order valence-electron chi connectivity index (χ2n) is 5.69. The predicted molar refractivity (Wildman–Crippen MR) is 88.8 cm³/mol. The molecule has 3 rings (SSSR count). The normalized spacial score (nSPS) is 23.3. The quantitative estimate of drug-likeness (QED) is 0.636. The van der Waals surface area contributed by atoms with Crippen molar-refractivity contribution in [1.82, 2.24) is 9.42 Å². The van der Waals surface area contributed by atoms with Crippen LogP contribution in [0.15, 0.2) is 29.3 Å². The van der Waals surface area contributed by atoms with Gasteiger partial charge in [0, 0.05) is 11.4 Å². The maximum atomic E-state index is 11.2. The summed E-state index contributed by atoms with van der Waals surface area (Å²) in [4.78, 5) is 3.53. The monoisotopic (exact) mass is 345 g/mol. The fourth-order valence-corrected chi connectivity index (χ4v) is 3.27. The maximum absolute atomic E-state index is 11.2. The van der Waals surface area contributed by atoms with E-state index < -0.39 is 10.5 Å². The van der Waals surface area contributed by atoms with E-state index in [-0.39, 0.29) is 0 Å². The van der Waals surface area contributed by atoms with E-state index in [1.807, 2.05) is 29.3 Å². The van der Waals surface area contributed by atoms with Crippen LogP contribution in [0.2, 0.25) is 5.02 Å². The molecule has 1 N–H and O–H groups in total. The fraction of sp³-hybridized carbons (Fsp3) is 0.500. The Morgan fingerprint density at radius 1 is 1.38 bits per heavy atom. The van der Waals surface area contributed by atoms with E-state index in [4.69, 9.17) is 23.2 Å². The summed E-state index contributed by atoms with van der Waals surface area (Å²) in [5, 5.41) is 13.7. The number of alkyl halides is 1. The number of benzene rings is 1. The van der Waals surface area contributed by atoms with Crippen LogP contribution in [0, 0.1) is 0 Å². The smallest absolute Gasteiger partial charge is 0.113 e. The van der Waals surface area contributed by atoms with Crippen molar-refractivity contribution in [2.45, 2.75) is 29.7 Å². The Morgan fingerprint density at radius 3 is 2.67 bits per heavy atom. The molecule has 1 atom stereocenters. The average Bonchev–Trinajstić information content (AvgIpc) is 3.09. The van der Waals surface area contributed by atoms with Crippen LogP contribution in [-0.4, -0.2) is 44.6 Å². The fourth-order valence-electron chi connectivity index (χ4n) is 2.65. The number of β-amino-alcohol motifs (C(OH)–C–C–N with tert-alkyl or cyclic N) is 1. The largest absolute Gasteiger partial charge is 0.386 e. The van der Waals surface area contributed by atoms with Gasteiger partial charge in [0.05, 0.1) is 11.4 Å². The molecule has 4 nitrogen and oxygen atoms in total. The van der Waals surface area contributed by atoms with Crippen molar-refractivity contribution in [2.24, 2.45) is 4.99 Å². The first-order valence-electron chi connectivity index (χ1n) is 6.81. The molecule has 0 aromatic heterocycles. The topological polar surface area (TPSA) is 39.1 Å². The molecule has 1 fully saturated rings. The number of hydrazine groups is 1. The van der Waals surface area contributed by atoms with Gasteiger partial charge in [0.2, 0.25) is 0 Å². The van der Waals surface area contributed by atoms with Gasteiger partial charge in [-0.2, -0.15) is 5.01 Å². The van der Waals surface area contributed by atoms with Gasteiger partial charge in [-0.25, -0.2) is 4.41 Å². The van der Waals surface area contributed by atoms with Crippen molar-refractivity contribution in [3.63, 3.8) is 0 Å². The van der Waals surface area contributed by atoms with E-state index in [2.05, 4.69) is 17.8 Å². The first kappa shape index (κ1) is 15.4. The van der Waals surface area contributed by atoms with Crippen LogP contribution in [0.25, 0.3) is 0 Å². The molecule has 0 spiro atoms. The van der Waals surface area contributed by atoms with Crippen LogP contribution in [0.4, 0.5) is 0 Å². The minimum atomic E-state index is -1.08. The zero-order valence-corrected chi connectivity index (χ0v) is 13.8. The second-order valence-corrected chi connectivity index (χ2v) is 7.23. The molecule has 2 aliphatic rings. The SMILES string of the molecule is OC(Cc1ccccc1Cl)(CN1CN=CN1S)C1(Cl)CC1. The molecule has 1 aliphatic carbocycles. The summed E-state index contributed by atoms with van der Waals surface area (Å²) in [7, 11) is 0. The first-order valence-corrected chi connectivity index (χ1v) is 7.97. The summed E-state index contributed by atoms with van der Waals surface area (Å²) < 4.78 is 1.58. The molecule has 1 aromatic carbocycles. The van der Waals surface area contributed by atoms with Crippen LogP contribution in [-0.2, 0) is 6.42 Å². The second kappa shape index (κ2) is 5.63. The number of halogens is 2. The molecule has 1 aliphatic heterocycles. The van der Waals surface area contributed by atoms with Gasteiger partial charge >= 0.3 is 0 Å². The van der Waals surface area contributed by atoms with Gasteiger partial charge in [-0.1, -0.05) is 29.8 Å². The molecule has 0 radical (unpaired) electrons. The molecule has 1 aromatic rings. The van der Waals surface area contributed by atoms with Gasteiger partial charge in [0.15, 0.2) is 0 Å². The highest BCUT2D eigenvalue weighted by Crippen LogP contribution is 2.53. The van der Waals surface area contributed by atoms with Gasteiger partial charge in [0.1, 0.15) is 18.6 Å². The zero-order chi connectivity index (χ0) is 15.1. The molecule has 114 valence electrons. The minimum absolute atomic E-state index is 0.366.